The highest BCUT2D eigenvalue weighted by Crippen LogP contribution is 2.37. The molecule has 206 valence electrons. The van der Waals surface area contributed by atoms with Crippen LogP contribution in [-0.2, 0) is 14.8 Å². The summed E-state index contributed by atoms with van der Waals surface area (Å²) in [5.74, 6) is -2.20. The Bertz CT molecular complexity index is 1420. The van der Waals surface area contributed by atoms with E-state index in [4.69, 9.17) is 28.9 Å². The molecule has 0 atom stereocenters. The topological polar surface area (TPSA) is 113 Å². The average Bonchev–Trinajstić information content (AvgIpc) is 2.84. The molecular formula is C27H27Cl2FN4O4S. The summed E-state index contributed by atoms with van der Waals surface area (Å²) in [7, 11) is -3.79. The van der Waals surface area contributed by atoms with E-state index in [0.717, 1.165) is 23.4 Å². The Kier molecular flexibility index (Phi) is 8.80. The number of benzene rings is 3. The minimum atomic E-state index is -3.79. The van der Waals surface area contributed by atoms with Gasteiger partial charge in [0, 0.05) is 36.1 Å². The van der Waals surface area contributed by atoms with Crippen LogP contribution in [-0.4, -0.2) is 57.1 Å². The molecular weight excluding hydrogens is 566 g/mol. The smallest absolute Gasteiger partial charge is 0.254 e. The molecule has 12 heteroatoms. The molecule has 0 aliphatic carbocycles. The molecule has 8 nitrogen and oxygen atoms in total. The molecule has 0 saturated carbocycles. The largest absolute Gasteiger partial charge is 0.370 e. The van der Waals surface area contributed by atoms with Crippen molar-refractivity contribution in [1.82, 2.24) is 10.2 Å². The number of carbonyl (C=O) groups is 2. The summed E-state index contributed by atoms with van der Waals surface area (Å²) >= 11 is 12.2. The van der Waals surface area contributed by atoms with E-state index in [1.807, 2.05) is 24.3 Å². The number of amides is 2. The molecule has 3 aromatic carbocycles. The van der Waals surface area contributed by atoms with E-state index < -0.39 is 33.7 Å². The molecule has 0 unspecified atom stereocenters. The SMILES string of the molecule is CS(=O)(=O)N(c1ccc(F)c(C(=O)NCCC(N)=O)c1)C1CN(C(c2ccc(Cl)cc2)c2ccc(Cl)cc2)C1. The third kappa shape index (κ3) is 6.88. The van der Waals surface area contributed by atoms with Crippen LogP contribution in [0.5, 0.6) is 0 Å². The predicted octanol–water partition coefficient (Wildman–Crippen LogP) is 3.98. The highest BCUT2D eigenvalue weighted by atomic mass is 35.5. The molecule has 4 rings (SSSR count). The van der Waals surface area contributed by atoms with Gasteiger partial charge in [-0.2, -0.15) is 0 Å². The van der Waals surface area contributed by atoms with Gasteiger partial charge in [-0.15, -0.1) is 0 Å². The Morgan fingerprint density at radius 2 is 1.56 bits per heavy atom. The number of carbonyl (C=O) groups excluding carboxylic acids is 2. The van der Waals surface area contributed by atoms with E-state index in [1.54, 1.807) is 24.3 Å². The highest BCUT2D eigenvalue weighted by molar-refractivity contribution is 7.92. The van der Waals surface area contributed by atoms with Gasteiger partial charge in [0.05, 0.1) is 29.6 Å². The number of nitrogens with one attached hydrogen (secondary N) is 1. The number of hydrogen-bond donors (Lipinski definition) is 2. The second-order valence-electron chi connectivity index (χ2n) is 9.31. The summed E-state index contributed by atoms with van der Waals surface area (Å²) in [5.41, 5.74) is 6.86. The fraction of sp³-hybridized carbons (Fsp3) is 0.259. The molecule has 1 saturated heterocycles. The maximum atomic E-state index is 14.5. The first-order valence-electron chi connectivity index (χ1n) is 12.0. The zero-order valence-corrected chi connectivity index (χ0v) is 23.3. The van der Waals surface area contributed by atoms with Crippen molar-refractivity contribution >= 4 is 50.7 Å². The van der Waals surface area contributed by atoms with Crippen molar-refractivity contribution in [2.45, 2.75) is 18.5 Å². The molecule has 39 heavy (non-hydrogen) atoms. The molecule has 1 fully saturated rings. The van der Waals surface area contributed by atoms with Gasteiger partial charge in [0.1, 0.15) is 5.82 Å². The molecule has 0 aromatic heterocycles. The number of rotatable bonds is 10. The van der Waals surface area contributed by atoms with Crippen molar-refractivity contribution in [1.29, 1.82) is 0 Å². The van der Waals surface area contributed by atoms with Crippen LogP contribution in [0.1, 0.15) is 33.9 Å². The fourth-order valence-electron chi connectivity index (χ4n) is 4.64. The van der Waals surface area contributed by atoms with E-state index in [0.29, 0.717) is 23.1 Å². The number of primary amides is 1. The van der Waals surface area contributed by atoms with Crippen molar-refractivity contribution in [3.63, 3.8) is 0 Å². The molecule has 0 bridgehead atoms. The van der Waals surface area contributed by atoms with Gasteiger partial charge < -0.3 is 11.1 Å². The lowest BCUT2D eigenvalue weighted by molar-refractivity contribution is -0.117. The van der Waals surface area contributed by atoms with Crippen LogP contribution in [0.2, 0.25) is 10.0 Å². The van der Waals surface area contributed by atoms with Gasteiger partial charge in [-0.05, 0) is 53.6 Å². The number of nitrogens with two attached hydrogens (primary N) is 1. The van der Waals surface area contributed by atoms with E-state index in [1.165, 1.54) is 16.4 Å². The van der Waals surface area contributed by atoms with Crippen molar-refractivity contribution < 1.29 is 22.4 Å². The Balaban J connectivity index is 1.59. The summed E-state index contributed by atoms with van der Waals surface area (Å²) in [5, 5.41) is 3.63. The molecule has 0 radical (unpaired) electrons. The summed E-state index contributed by atoms with van der Waals surface area (Å²) in [6, 6.07) is 17.8. The molecule has 2 amide bonds. The third-order valence-electron chi connectivity index (χ3n) is 6.42. The number of hydrogen-bond acceptors (Lipinski definition) is 5. The Morgan fingerprint density at radius 1 is 1.03 bits per heavy atom. The molecule has 0 spiro atoms. The van der Waals surface area contributed by atoms with E-state index in [9.17, 15) is 22.4 Å². The summed E-state index contributed by atoms with van der Waals surface area (Å²) < 4.78 is 41.5. The zero-order valence-electron chi connectivity index (χ0n) is 21.0. The maximum absolute atomic E-state index is 14.5. The minimum Gasteiger partial charge on any atom is -0.370 e. The van der Waals surface area contributed by atoms with Gasteiger partial charge in [-0.25, -0.2) is 12.8 Å². The van der Waals surface area contributed by atoms with E-state index >= 15 is 0 Å². The van der Waals surface area contributed by atoms with Crippen molar-refractivity contribution in [2.75, 3.05) is 30.2 Å². The lowest BCUT2D eigenvalue weighted by atomic mass is 9.93. The zero-order chi connectivity index (χ0) is 28.3. The van der Waals surface area contributed by atoms with Crippen LogP contribution in [0.3, 0.4) is 0 Å². The summed E-state index contributed by atoms with van der Waals surface area (Å²) in [4.78, 5) is 25.6. The van der Waals surface area contributed by atoms with Gasteiger partial charge in [-0.1, -0.05) is 47.5 Å². The molecule has 3 N–H and O–H groups in total. The van der Waals surface area contributed by atoms with Crippen molar-refractivity contribution in [3.05, 3.63) is 99.3 Å². The molecule has 3 aromatic rings. The van der Waals surface area contributed by atoms with Crippen LogP contribution in [0.15, 0.2) is 66.7 Å². The quantitative estimate of drug-likeness (QED) is 0.370. The number of sulfonamides is 1. The first kappa shape index (κ1) is 28.8. The summed E-state index contributed by atoms with van der Waals surface area (Å²) in [6.45, 7) is 0.684. The van der Waals surface area contributed by atoms with Crippen LogP contribution >= 0.6 is 23.2 Å². The van der Waals surface area contributed by atoms with Gasteiger partial charge in [0.15, 0.2) is 0 Å². The number of nitrogens with zero attached hydrogens (tertiary/aromatic N) is 2. The average molecular weight is 594 g/mol. The molecule has 1 heterocycles. The minimum absolute atomic E-state index is 0.0675. The maximum Gasteiger partial charge on any atom is 0.254 e. The predicted molar refractivity (Wildman–Crippen MR) is 150 cm³/mol. The molecule has 1 aliphatic rings. The van der Waals surface area contributed by atoms with Crippen LogP contribution in [0, 0.1) is 5.82 Å². The number of likely N-dealkylation sites (tertiary alicyclic amines) is 1. The normalized spacial score (nSPS) is 14.2. The first-order chi connectivity index (χ1) is 18.4. The Labute approximate surface area is 236 Å². The second-order valence-corrected chi connectivity index (χ2v) is 12.0. The Morgan fingerprint density at radius 3 is 2.05 bits per heavy atom. The Hall–Kier alpha value is -3.18. The van der Waals surface area contributed by atoms with Crippen molar-refractivity contribution in [2.24, 2.45) is 5.73 Å². The number of anilines is 1. The van der Waals surface area contributed by atoms with Gasteiger partial charge in [0.25, 0.3) is 5.91 Å². The van der Waals surface area contributed by atoms with Gasteiger partial charge in [-0.3, -0.25) is 18.8 Å². The van der Waals surface area contributed by atoms with Crippen LogP contribution in [0.25, 0.3) is 0 Å². The lowest BCUT2D eigenvalue weighted by Crippen LogP contribution is -2.61. The van der Waals surface area contributed by atoms with E-state index in [2.05, 4.69) is 10.2 Å². The van der Waals surface area contributed by atoms with Crippen LogP contribution < -0.4 is 15.4 Å². The van der Waals surface area contributed by atoms with E-state index in [-0.39, 0.29) is 30.3 Å². The standard InChI is InChI=1S/C27H27Cl2FN4O4S/c1-39(37,38)34(21-10-11-24(30)23(14-21)27(36)32-13-12-25(31)35)22-15-33(16-22)26(17-2-6-19(28)7-3-17)18-4-8-20(29)9-5-18/h2-11,14,22,26H,12-13,15-16H2,1H3,(H2,31,35)(H,32,36). The fourth-order valence-corrected chi connectivity index (χ4v) is 6.07. The number of halogens is 3. The van der Waals surface area contributed by atoms with Gasteiger partial charge in [0.2, 0.25) is 15.9 Å². The van der Waals surface area contributed by atoms with Crippen molar-refractivity contribution in [3.8, 4) is 0 Å². The second kappa shape index (κ2) is 11.9. The highest BCUT2D eigenvalue weighted by Gasteiger charge is 2.41. The third-order valence-corrected chi connectivity index (χ3v) is 8.15. The van der Waals surface area contributed by atoms with Gasteiger partial charge >= 0.3 is 0 Å². The lowest BCUT2D eigenvalue weighted by Gasteiger charge is -2.48. The molecule has 1 aliphatic heterocycles. The van der Waals surface area contributed by atoms with Crippen LogP contribution in [0.4, 0.5) is 10.1 Å². The monoisotopic (exact) mass is 592 g/mol. The first-order valence-corrected chi connectivity index (χ1v) is 14.6. The summed E-state index contributed by atoms with van der Waals surface area (Å²) in [6.07, 6.45) is 0.963.